The van der Waals surface area contributed by atoms with Crippen LogP contribution in [-0.4, -0.2) is 28.3 Å². The second-order valence-electron chi connectivity index (χ2n) is 4.57. The Morgan fingerprint density at radius 2 is 2.24 bits per heavy atom. The van der Waals surface area contributed by atoms with Crippen LogP contribution in [0.25, 0.3) is 10.9 Å². The second kappa shape index (κ2) is 5.62. The van der Waals surface area contributed by atoms with Crippen LogP contribution in [-0.2, 0) is 0 Å². The zero-order chi connectivity index (χ0) is 14.7. The Bertz CT molecular complexity index is 780. The van der Waals surface area contributed by atoms with Crippen LogP contribution >= 0.6 is 0 Å². The zero-order valence-electron chi connectivity index (χ0n) is 11.8. The number of aromatic amines is 1. The smallest absolute Gasteiger partial charge is 0.119 e. The number of imidazole rings is 1. The number of H-pyrrole nitrogens is 1. The first-order valence-electron chi connectivity index (χ1n) is 6.49. The van der Waals surface area contributed by atoms with Gasteiger partial charge >= 0.3 is 0 Å². The number of fused-ring (bicyclic) bond motifs is 1. The van der Waals surface area contributed by atoms with E-state index in [1.54, 1.807) is 25.8 Å². The highest BCUT2D eigenvalue weighted by Gasteiger charge is 2.05. The van der Waals surface area contributed by atoms with E-state index in [-0.39, 0.29) is 0 Å². The summed E-state index contributed by atoms with van der Waals surface area (Å²) < 4.78 is 5.26. The van der Waals surface area contributed by atoms with E-state index in [2.05, 4.69) is 25.5 Å². The van der Waals surface area contributed by atoms with Gasteiger partial charge in [-0.3, -0.25) is 10.4 Å². The molecule has 0 unspecified atom stereocenters. The van der Waals surface area contributed by atoms with Gasteiger partial charge in [0.05, 0.1) is 42.7 Å². The van der Waals surface area contributed by atoms with Crippen LogP contribution in [0.15, 0.2) is 41.9 Å². The van der Waals surface area contributed by atoms with Crippen molar-refractivity contribution in [3.05, 3.63) is 48.2 Å². The maximum atomic E-state index is 5.26. The van der Waals surface area contributed by atoms with E-state index < -0.39 is 0 Å². The van der Waals surface area contributed by atoms with Gasteiger partial charge in [-0.15, -0.1) is 0 Å². The van der Waals surface area contributed by atoms with Crippen molar-refractivity contribution >= 4 is 22.8 Å². The molecule has 2 N–H and O–H groups in total. The average Bonchev–Trinajstić information content (AvgIpc) is 3.00. The van der Waals surface area contributed by atoms with Crippen molar-refractivity contribution in [2.24, 2.45) is 5.10 Å². The maximum Gasteiger partial charge on any atom is 0.119 e. The van der Waals surface area contributed by atoms with Gasteiger partial charge in [0.2, 0.25) is 0 Å². The highest BCUT2D eigenvalue weighted by Crippen LogP contribution is 2.27. The second-order valence-corrected chi connectivity index (χ2v) is 4.57. The van der Waals surface area contributed by atoms with E-state index in [1.807, 2.05) is 31.2 Å². The largest absolute Gasteiger partial charge is 0.497 e. The topological polar surface area (TPSA) is 75.2 Å². The van der Waals surface area contributed by atoms with Gasteiger partial charge in [0.15, 0.2) is 0 Å². The fraction of sp³-hybridized carbons (Fsp3) is 0.133. The molecule has 0 atom stereocenters. The van der Waals surface area contributed by atoms with Crippen LogP contribution in [0.2, 0.25) is 0 Å². The Morgan fingerprint density at radius 3 is 3.00 bits per heavy atom. The summed E-state index contributed by atoms with van der Waals surface area (Å²) >= 11 is 0. The van der Waals surface area contributed by atoms with Gasteiger partial charge in [-0.25, -0.2) is 4.98 Å². The summed E-state index contributed by atoms with van der Waals surface area (Å²) in [5, 5.41) is 5.18. The number of hydrogen-bond acceptors (Lipinski definition) is 5. The molecular weight excluding hydrogens is 266 g/mol. The predicted octanol–water partition coefficient (Wildman–Crippen LogP) is 2.72. The van der Waals surface area contributed by atoms with E-state index >= 15 is 0 Å². The molecule has 0 saturated carbocycles. The number of ether oxygens (including phenoxy) is 1. The van der Waals surface area contributed by atoms with Gasteiger partial charge in [-0.1, -0.05) is 0 Å². The third-order valence-corrected chi connectivity index (χ3v) is 3.05. The Balaban J connectivity index is 1.96. The summed E-state index contributed by atoms with van der Waals surface area (Å²) in [5.74, 6) is 0.786. The van der Waals surface area contributed by atoms with E-state index in [4.69, 9.17) is 4.74 Å². The van der Waals surface area contributed by atoms with Crippen LogP contribution in [0.4, 0.5) is 5.69 Å². The average molecular weight is 281 g/mol. The van der Waals surface area contributed by atoms with Crippen LogP contribution < -0.4 is 10.2 Å². The fourth-order valence-corrected chi connectivity index (χ4v) is 2.07. The van der Waals surface area contributed by atoms with Gasteiger partial charge < -0.3 is 9.72 Å². The highest BCUT2D eigenvalue weighted by molar-refractivity contribution is 5.93. The monoisotopic (exact) mass is 281 g/mol. The van der Waals surface area contributed by atoms with Crippen LogP contribution in [0.3, 0.4) is 0 Å². The number of benzene rings is 1. The van der Waals surface area contributed by atoms with Crippen LogP contribution in [0.1, 0.15) is 11.4 Å². The number of aromatic nitrogens is 3. The molecule has 3 aromatic rings. The molecule has 0 spiro atoms. The third kappa shape index (κ3) is 2.84. The molecule has 1 aromatic carbocycles. The molecule has 106 valence electrons. The quantitative estimate of drug-likeness (QED) is 0.569. The van der Waals surface area contributed by atoms with Crippen molar-refractivity contribution in [3.8, 4) is 5.75 Å². The molecule has 0 aliphatic heterocycles. The number of rotatable bonds is 4. The molecule has 2 aromatic heterocycles. The normalized spacial score (nSPS) is 11.1. The molecule has 0 radical (unpaired) electrons. The van der Waals surface area contributed by atoms with Crippen molar-refractivity contribution in [2.45, 2.75) is 6.92 Å². The summed E-state index contributed by atoms with van der Waals surface area (Å²) in [5.41, 5.74) is 6.58. The highest BCUT2D eigenvalue weighted by atomic mass is 16.5. The lowest BCUT2D eigenvalue weighted by molar-refractivity contribution is 0.415. The minimum absolute atomic E-state index is 0.786. The Hall–Kier alpha value is -2.89. The standard InChI is InChI=1S/C15H15N5O/c1-10-5-15(20-18-8-11-7-16-9-17-11)13-6-12(21-2)3-4-14(13)19-10/h3-9H,1-2H3,(H,16,17)(H,19,20)/b18-8+. The molecule has 0 saturated heterocycles. The van der Waals surface area contributed by atoms with Crippen LogP contribution in [0, 0.1) is 6.92 Å². The van der Waals surface area contributed by atoms with Crippen LogP contribution in [0.5, 0.6) is 5.75 Å². The molecule has 0 fully saturated rings. The molecular formula is C15H15N5O. The summed E-state index contributed by atoms with van der Waals surface area (Å²) in [6, 6.07) is 7.72. The first kappa shape index (κ1) is 13.1. The van der Waals surface area contributed by atoms with Crippen molar-refractivity contribution < 1.29 is 4.74 Å². The lowest BCUT2D eigenvalue weighted by Crippen LogP contribution is -1.95. The van der Waals surface area contributed by atoms with Crippen molar-refractivity contribution in [3.63, 3.8) is 0 Å². The Labute approximate surface area is 121 Å². The first-order chi connectivity index (χ1) is 10.3. The number of anilines is 1. The molecule has 21 heavy (non-hydrogen) atoms. The number of aryl methyl sites for hydroxylation is 1. The molecule has 6 nitrogen and oxygen atoms in total. The lowest BCUT2D eigenvalue weighted by atomic mass is 10.1. The molecule has 3 rings (SSSR count). The lowest BCUT2D eigenvalue weighted by Gasteiger charge is -2.08. The Morgan fingerprint density at radius 1 is 1.33 bits per heavy atom. The number of methoxy groups -OCH3 is 1. The number of hydrazone groups is 1. The predicted molar refractivity (Wildman–Crippen MR) is 82.8 cm³/mol. The minimum Gasteiger partial charge on any atom is -0.497 e. The van der Waals surface area contributed by atoms with E-state index in [9.17, 15) is 0 Å². The summed E-state index contributed by atoms with van der Waals surface area (Å²) in [6.07, 6.45) is 4.98. The number of nitrogens with one attached hydrogen (secondary N) is 2. The zero-order valence-corrected chi connectivity index (χ0v) is 11.8. The Kier molecular flexibility index (Phi) is 3.51. The number of nitrogens with zero attached hydrogens (tertiary/aromatic N) is 3. The third-order valence-electron chi connectivity index (χ3n) is 3.05. The van der Waals surface area contributed by atoms with Crippen molar-refractivity contribution in [1.29, 1.82) is 0 Å². The van der Waals surface area contributed by atoms with E-state index in [1.165, 1.54) is 0 Å². The molecule has 0 bridgehead atoms. The molecule has 6 heteroatoms. The van der Waals surface area contributed by atoms with Gasteiger partial charge in [-0.2, -0.15) is 5.10 Å². The minimum atomic E-state index is 0.786. The molecule has 0 aliphatic carbocycles. The summed E-state index contributed by atoms with van der Waals surface area (Å²) in [6.45, 7) is 1.95. The summed E-state index contributed by atoms with van der Waals surface area (Å²) in [4.78, 5) is 11.4. The van der Waals surface area contributed by atoms with Crippen molar-refractivity contribution in [2.75, 3.05) is 12.5 Å². The fourth-order valence-electron chi connectivity index (χ4n) is 2.07. The van der Waals surface area contributed by atoms with Crippen molar-refractivity contribution in [1.82, 2.24) is 15.0 Å². The van der Waals surface area contributed by atoms with E-state index in [0.29, 0.717) is 0 Å². The van der Waals surface area contributed by atoms with Gasteiger partial charge in [-0.05, 0) is 31.2 Å². The SMILES string of the molecule is COc1ccc2nc(C)cc(N/N=C/c3cnc[nH]3)c2c1. The number of pyridine rings is 1. The first-order valence-corrected chi connectivity index (χ1v) is 6.49. The maximum absolute atomic E-state index is 5.26. The van der Waals surface area contributed by atoms with Gasteiger partial charge in [0, 0.05) is 11.1 Å². The molecule has 0 amide bonds. The summed E-state index contributed by atoms with van der Waals surface area (Å²) in [7, 11) is 1.65. The number of hydrogen-bond donors (Lipinski definition) is 2. The van der Waals surface area contributed by atoms with Gasteiger partial charge in [0.1, 0.15) is 5.75 Å². The molecule has 2 heterocycles. The van der Waals surface area contributed by atoms with E-state index in [0.717, 1.165) is 33.7 Å². The molecule has 0 aliphatic rings. The van der Waals surface area contributed by atoms with Gasteiger partial charge in [0.25, 0.3) is 0 Å².